The van der Waals surface area contributed by atoms with Crippen molar-refractivity contribution in [3.8, 4) is 5.75 Å². The standard InChI is InChI=1S/C18H18N4O3/c1-13-5-8-24-17(13)18(23)21-10-14-4-7-20-22(14)15(11-21)12-25-16-3-2-6-19-9-16/h2-9,15H,10-12H2,1H3. The number of fused-ring (bicyclic) bond motifs is 1. The van der Waals surface area contributed by atoms with E-state index in [4.69, 9.17) is 9.15 Å². The molecule has 0 fully saturated rings. The third-order valence-electron chi connectivity index (χ3n) is 4.30. The lowest BCUT2D eigenvalue weighted by molar-refractivity contribution is 0.0601. The molecular weight excluding hydrogens is 320 g/mol. The van der Waals surface area contributed by atoms with E-state index in [0.717, 1.165) is 11.3 Å². The summed E-state index contributed by atoms with van der Waals surface area (Å²) in [5.74, 6) is 0.975. The number of hydrogen-bond donors (Lipinski definition) is 0. The van der Waals surface area contributed by atoms with Crippen LogP contribution in [0.2, 0.25) is 0 Å². The normalized spacial score (nSPS) is 16.5. The first-order valence-corrected chi connectivity index (χ1v) is 8.11. The summed E-state index contributed by atoms with van der Waals surface area (Å²) < 4.78 is 13.1. The van der Waals surface area contributed by atoms with Crippen LogP contribution in [-0.4, -0.2) is 38.7 Å². The Hall–Kier alpha value is -3.09. The van der Waals surface area contributed by atoms with Crippen molar-refractivity contribution in [2.75, 3.05) is 13.2 Å². The number of furan rings is 1. The molecule has 0 radical (unpaired) electrons. The third-order valence-corrected chi connectivity index (χ3v) is 4.30. The number of pyridine rings is 1. The Morgan fingerprint density at radius 3 is 3.04 bits per heavy atom. The maximum Gasteiger partial charge on any atom is 0.290 e. The van der Waals surface area contributed by atoms with Crippen molar-refractivity contribution in [2.45, 2.75) is 19.5 Å². The molecule has 1 aliphatic heterocycles. The molecule has 25 heavy (non-hydrogen) atoms. The van der Waals surface area contributed by atoms with Crippen molar-refractivity contribution in [3.05, 3.63) is 66.1 Å². The van der Waals surface area contributed by atoms with Crippen molar-refractivity contribution in [1.29, 1.82) is 0 Å². The van der Waals surface area contributed by atoms with Crippen molar-refractivity contribution in [2.24, 2.45) is 0 Å². The molecule has 1 unspecified atom stereocenters. The van der Waals surface area contributed by atoms with Crippen LogP contribution in [0.15, 0.2) is 53.5 Å². The van der Waals surface area contributed by atoms with E-state index in [1.54, 1.807) is 35.8 Å². The average Bonchev–Trinajstić information content (AvgIpc) is 3.28. The van der Waals surface area contributed by atoms with Gasteiger partial charge in [0.1, 0.15) is 18.4 Å². The van der Waals surface area contributed by atoms with Gasteiger partial charge in [0.25, 0.3) is 5.91 Å². The fourth-order valence-corrected chi connectivity index (χ4v) is 3.03. The van der Waals surface area contributed by atoms with Gasteiger partial charge in [0.2, 0.25) is 0 Å². The Morgan fingerprint density at radius 1 is 1.36 bits per heavy atom. The minimum atomic E-state index is -0.110. The highest BCUT2D eigenvalue weighted by atomic mass is 16.5. The van der Waals surface area contributed by atoms with Gasteiger partial charge in [0.05, 0.1) is 24.7 Å². The monoisotopic (exact) mass is 338 g/mol. The van der Waals surface area contributed by atoms with Gasteiger partial charge in [-0.1, -0.05) is 0 Å². The molecule has 1 aliphatic rings. The third kappa shape index (κ3) is 3.00. The van der Waals surface area contributed by atoms with Crippen molar-refractivity contribution in [1.82, 2.24) is 19.7 Å². The molecular formula is C18H18N4O3. The van der Waals surface area contributed by atoms with Gasteiger partial charge in [-0.2, -0.15) is 5.10 Å². The molecule has 0 N–H and O–H groups in total. The SMILES string of the molecule is Cc1ccoc1C(=O)N1Cc2ccnn2C(COc2cccnc2)C1. The average molecular weight is 338 g/mol. The largest absolute Gasteiger partial charge is 0.490 e. The lowest BCUT2D eigenvalue weighted by Gasteiger charge is -2.33. The highest BCUT2D eigenvalue weighted by Gasteiger charge is 2.31. The predicted molar refractivity (Wildman–Crippen MR) is 89.2 cm³/mol. The molecule has 0 bridgehead atoms. The first kappa shape index (κ1) is 15.4. The summed E-state index contributed by atoms with van der Waals surface area (Å²) in [7, 11) is 0. The highest BCUT2D eigenvalue weighted by Crippen LogP contribution is 2.24. The van der Waals surface area contributed by atoms with Crippen molar-refractivity contribution < 1.29 is 13.9 Å². The number of rotatable bonds is 4. The van der Waals surface area contributed by atoms with Crippen LogP contribution < -0.4 is 4.74 Å². The lowest BCUT2D eigenvalue weighted by atomic mass is 10.1. The van der Waals surface area contributed by atoms with Gasteiger partial charge in [-0.3, -0.25) is 14.5 Å². The number of nitrogens with zero attached hydrogens (tertiary/aromatic N) is 4. The van der Waals surface area contributed by atoms with Gasteiger partial charge in [-0.25, -0.2) is 0 Å². The van der Waals surface area contributed by atoms with E-state index in [-0.39, 0.29) is 11.9 Å². The molecule has 1 atom stereocenters. The first-order valence-electron chi connectivity index (χ1n) is 8.11. The first-order chi connectivity index (χ1) is 12.2. The number of aromatic nitrogens is 3. The van der Waals surface area contributed by atoms with E-state index in [1.165, 1.54) is 0 Å². The second kappa shape index (κ2) is 6.43. The molecule has 1 amide bonds. The van der Waals surface area contributed by atoms with Crippen molar-refractivity contribution >= 4 is 5.91 Å². The van der Waals surface area contributed by atoms with Crippen LogP contribution in [0.4, 0.5) is 0 Å². The predicted octanol–water partition coefficient (Wildman–Crippen LogP) is 2.46. The maximum atomic E-state index is 12.8. The molecule has 4 rings (SSSR count). The maximum absolute atomic E-state index is 12.8. The lowest BCUT2D eigenvalue weighted by Crippen LogP contribution is -2.43. The van der Waals surface area contributed by atoms with Gasteiger partial charge < -0.3 is 14.1 Å². The highest BCUT2D eigenvalue weighted by molar-refractivity contribution is 5.92. The van der Waals surface area contributed by atoms with Gasteiger partial charge in [-0.15, -0.1) is 0 Å². The topological polar surface area (TPSA) is 73.4 Å². The smallest absolute Gasteiger partial charge is 0.290 e. The second-order valence-corrected chi connectivity index (χ2v) is 6.04. The second-order valence-electron chi connectivity index (χ2n) is 6.04. The number of carbonyl (C=O) groups excluding carboxylic acids is 1. The molecule has 0 saturated carbocycles. The molecule has 0 saturated heterocycles. The number of aryl methyl sites for hydroxylation is 1. The zero-order valence-corrected chi connectivity index (χ0v) is 13.8. The summed E-state index contributed by atoms with van der Waals surface area (Å²) in [6, 6.07) is 7.33. The fraction of sp³-hybridized carbons (Fsp3) is 0.278. The molecule has 4 heterocycles. The number of carbonyl (C=O) groups is 1. The fourth-order valence-electron chi connectivity index (χ4n) is 3.03. The van der Waals surface area contributed by atoms with Crippen LogP contribution in [-0.2, 0) is 6.54 Å². The van der Waals surface area contributed by atoms with Crippen LogP contribution >= 0.6 is 0 Å². The Balaban J connectivity index is 1.53. The zero-order valence-electron chi connectivity index (χ0n) is 13.8. The summed E-state index contributed by atoms with van der Waals surface area (Å²) >= 11 is 0. The van der Waals surface area contributed by atoms with E-state index in [0.29, 0.717) is 31.2 Å². The summed E-state index contributed by atoms with van der Waals surface area (Å²) in [4.78, 5) is 18.6. The van der Waals surface area contributed by atoms with Crippen LogP contribution in [0.25, 0.3) is 0 Å². The summed E-state index contributed by atoms with van der Waals surface area (Å²) in [5.41, 5.74) is 1.82. The van der Waals surface area contributed by atoms with E-state index >= 15 is 0 Å². The van der Waals surface area contributed by atoms with E-state index < -0.39 is 0 Å². The van der Waals surface area contributed by atoms with Crippen LogP contribution in [0, 0.1) is 6.92 Å². The molecule has 0 aliphatic carbocycles. The van der Waals surface area contributed by atoms with Crippen LogP contribution in [0.5, 0.6) is 5.75 Å². The van der Waals surface area contributed by atoms with Gasteiger partial charge in [-0.05, 0) is 31.2 Å². The summed E-state index contributed by atoms with van der Waals surface area (Å²) in [6.45, 7) is 3.28. The molecule has 0 aromatic carbocycles. The van der Waals surface area contributed by atoms with Crippen molar-refractivity contribution in [3.63, 3.8) is 0 Å². The summed E-state index contributed by atoms with van der Waals surface area (Å²) in [6.07, 6.45) is 6.66. The Labute approximate surface area is 144 Å². The molecule has 7 nitrogen and oxygen atoms in total. The molecule has 0 spiro atoms. The molecule has 3 aromatic heterocycles. The van der Waals surface area contributed by atoms with E-state index in [2.05, 4.69) is 10.1 Å². The number of hydrogen-bond acceptors (Lipinski definition) is 5. The molecule has 3 aromatic rings. The Morgan fingerprint density at radius 2 is 2.28 bits per heavy atom. The van der Waals surface area contributed by atoms with Gasteiger partial charge in [0, 0.05) is 24.5 Å². The number of amides is 1. The Kier molecular flexibility index (Phi) is 3.97. The minimum Gasteiger partial charge on any atom is -0.490 e. The Bertz CT molecular complexity index is 871. The zero-order chi connectivity index (χ0) is 17.2. The summed E-state index contributed by atoms with van der Waals surface area (Å²) in [5, 5.41) is 4.38. The van der Waals surface area contributed by atoms with E-state index in [9.17, 15) is 4.79 Å². The quantitative estimate of drug-likeness (QED) is 0.730. The molecule has 128 valence electrons. The van der Waals surface area contributed by atoms with Gasteiger partial charge in [0.15, 0.2) is 5.76 Å². The molecule has 7 heteroatoms. The van der Waals surface area contributed by atoms with E-state index in [1.807, 2.05) is 29.8 Å². The van der Waals surface area contributed by atoms with Gasteiger partial charge >= 0.3 is 0 Å². The number of ether oxygens (including phenoxy) is 1. The van der Waals surface area contributed by atoms with Crippen LogP contribution in [0.1, 0.15) is 27.9 Å². The van der Waals surface area contributed by atoms with Crippen LogP contribution in [0.3, 0.4) is 0 Å². The minimum absolute atomic E-state index is 0.0711.